The van der Waals surface area contributed by atoms with Crippen LogP contribution in [0.15, 0.2) is 0 Å². The third kappa shape index (κ3) is 4.55. The number of carbonyl (C=O) groups is 1. The molecule has 5 nitrogen and oxygen atoms in total. The molecule has 1 rings (SSSR count). The zero-order valence-electron chi connectivity index (χ0n) is 9.13. The van der Waals surface area contributed by atoms with Crippen LogP contribution in [0.25, 0.3) is 0 Å². The van der Waals surface area contributed by atoms with Crippen LogP contribution in [0.3, 0.4) is 0 Å². The highest BCUT2D eigenvalue weighted by Crippen LogP contribution is 2.32. The van der Waals surface area contributed by atoms with E-state index in [0.717, 1.165) is 0 Å². The Morgan fingerprint density at radius 1 is 1.41 bits per heavy atom. The average molecular weight is 268 g/mol. The predicted molar refractivity (Wildman–Crippen MR) is 56.7 cm³/mol. The molecule has 0 aliphatic rings. The van der Waals surface area contributed by atoms with Gasteiger partial charge in [0.25, 0.3) is 0 Å². The highest BCUT2D eigenvalue weighted by Gasteiger charge is 2.35. The van der Waals surface area contributed by atoms with Gasteiger partial charge in [-0.3, -0.25) is 4.79 Å². The molecule has 1 amide bonds. The minimum atomic E-state index is -4.50. The van der Waals surface area contributed by atoms with E-state index in [2.05, 4.69) is 20.8 Å². The van der Waals surface area contributed by atoms with Crippen molar-refractivity contribution < 1.29 is 18.0 Å². The number of rotatable bonds is 4. The number of amides is 1. The van der Waals surface area contributed by atoms with Gasteiger partial charge in [-0.1, -0.05) is 11.3 Å². The molecule has 1 heterocycles. The number of alkyl halides is 3. The molecule has 0 aliphatic heterocycles. The molecule has 0 saturated heterocycles. The number of anilines is 1. The summed E-state index contributed by atoms with van der Waals surface area (Å²) in [5.41, 5.74) is 0. The van der Waals surface area contributed by atoms with Gasteiger partial charge >= 0.3 is 6.18 Å². The van der Waals surface area contributed by atoms with Gasteiger partial charge in [-0.05, 0) is 13.8 Å². The first-order chi connectivity index (χ1) is 7.79. The first kappa shape index (κ1) is 13.7. The van der Waals surface area contributed by atoms with Gasteiger partial charge in [0, 0.05) is 6.04 Å². The standard InChI is InChI=1S/C8H11F3N4OS/c1-4(2)13-5(16)3-12-7-15-14-6(17-7)8(9,10)11/h4H,3H2,1-2H3,(H,12,15)(H,13,16). The topological polar surface area (TPSA) is 66.9 Å². The molecule has 0 fully saturated rings. The lowest BCUT2D eigenvalue weighted by atomic mass is 10.4. The van der Waals surface area contributed by atoms with E-state index in [1.54, 1.807) is 13.8 Å². The molecule has 0 bridgehead atoms. The Balaban J connectivity index is 2.48. The van der Waals surface area contributed by atoms with Gasteiger partial charge in [-0.25, -0.2) is 0 Å². The molecule has 0 aliphatic carbocycles. The van der Waals surface area contributed by atoms with Crippen LogP contribution >= 0.6 is 11.3 Å². The highest BCUT2D eigenvalue weighted by molar-refractivity contribution is 7.15. The monoisotopic (exact) mass is 268 g/mol. The highest BCUT2D eigenvalue weighted by atomic mass is 32.1. The minimum Gasteiger partial charge on any atom is -0.352 e. The largest absolute Gasteiger partial charge is 0.445 e. The Morgan fingerprint density at radius 3 is 2.53 bits per heavy atom. The van der Waals surface area contributed by atoms with E-state index in [1.165, 1.54) is 0 Å². The summed E-state index contributed by atoms with van der Waals surface area (Å²) in [4.78, 5) is 11.2. The molecule has 1 aromatic heterocycles. The summed E-state index contributed by atoms with van der Waals surface area (Å²) >= 11 is 0.362. The van der Waals surface area contributed by atoms with Crippen molar-refractivity contribution in [3.05, 3.63) is 5.01 Å². The summed E-state index contributed by atoms with van der Waals surface area (Å²) in [5.74, 6) is -0.316. The van der Waals surface area contributed by atoms with E-state index < -0.39 is 11.2 Å². The molecular formula is C8H11F3N4OS. The second-order valence-corrected chi connectivity index (χ2v) is 4.46. The molecule has 0 spiro atoms. The van der Waals surface area contributed by atoms with Crippen LogP contribution in [0.4, 0.5) is 18.3 Å². The van der Waals surface area contributed by atoms with Crippen molar-refractivity contribution in [1.29, 1.82) is 0 Å². The van der Waals surface area contributed by atoms with Crippen LogP contribution in [0, 0.1) is 0 Å². The van der Waals surface area contributed by atoms with E-state index in [9.17, 15) is 18.0 Å². The quantitative estimate of drug-likeness (QED) is 0.868. The molecule has 17 heavy (non-hydrogen) atoms. The molecule has 0 atom stereocenters. The molecule has 96 valence electrons. The number of hydrogen-bond donors (Lipinski definition) is 2. The van der Waals surface area contributed by atoms with Crippen molar-refractivity contribution in [3.63, 3.8) is 0 Å². The van der Waals surface area contributed by atoms with Gasteiger partial charge < -0.3 is 10.6 Å². The Labute approximate surface area is 99.4 Å². The SMILES string of the molecule is CC(C)NC(=O)CNc1nnc(C(F)(F)F)s1. The molecule has 9 heteroatoms. The number of carbonyl (C=O) groups excluding carboxylic acids is 1. The lowest BCUT2D eigenvalue weighted by Crippen LogP contribution is -2.34. The van der Waals surface area contributed by atoms with Gasteiger partial charge in [0.2, 0.25) is 16.0 Å². The number of aromatic nitrogens is 2. The molecular weight excluding hydrogens is 257 g/mol. The van der Waals surface area contributed by atoms with Crippen LogP contribution in [0.1, 0.15) is 18.9 Å². The molecule has 0 saturated carbocycles. The van der Waals surface area contributed by atoms with Gasteiger partial charge in [0.15, 0.2) is 0 Å². The third-order valence-electron chi connectivity index (χ3n) is 1.52. The van der Waals surface area contributed by atoms with Crippen molar-refractivity contribution in [3.8, 4) is 0 Å². The summed E-state index contributed by atoms with van der Waals surface area (Å²) in [6.07, 6.45) is -4.50. The van der Waals surface area contributed by atoms with E-state index in [-0.39, 0.29) is 23.6 Å². The molecule has 2 N–H and O–H groups in total. The van der Waals surface area contributed by atoms with Gasteiger partial charge in [0.05, 0.1) is 6.54 Å². The zero-order valence-corrected chi connectivity index (χ0v) is 9.95. The van der Waals surface area contributed by atoms with E-state index >= 15 is 0 Å². The maximum absolute atomic E-state index is 12.2. The number of hydrogen-bond acceptors (Lipinski definition) is 5. The fourth-order valence-electron chi connectivity index (χ4n) is 0.938. The summed E-state index contributed by atoms with van der Waals surface area (Å²) in [5, 5.41) is 10.3. The summed E-state index contributed by atoms with van der Waals surface area (Å²) in [7, 11) is 0. The zero-order chi connectivity index (χ0) is 13.1. The Hall–Kier alpha value is -1.38. The van der Waals surface area contributed by atoms with E-state index in [0.29, 0.717) is 11.3 Å². The minimum absolute atomic E-state index is 0.0237. The molecule has 0 unspecified atom stereocenters. The van der Waals surface area contributed by atoms with Crippen molar-refractivity contribution >= 4 is 22.4 Å². The van der Waals surface area contributed by atoms with Crippen LogP contribution in [0.2, 0.25) is 0 Å². The molecule has 1 aromatic rings. The van der Waals surface area contributed by atoms with Crippen molar-refractivity contribution in [2.75, 3.05) is 11.9 Å². The number of nitrogens with zero attached hydrogens (tertiary/aromatic N) is 2. The summed E-state index contributed by atoms with van der Waals surface area (Å²) in [6, 6.07) is -0.0237. The normalized spacial score (nSPS) is 11.6. The first-order valence-electron chi connectivity index (χ1n) is 4.73. The average Bonchev–Trinajstić information content (AvgIpc) is 2.61. The molecule has 0 aromatic carbocycles. The third-order valence-corrected chi connectivity index (χ3v) is 2.44. The fraction of sp³-hybridized carbons (Fsp3) is 0.625. The van der Waals surface area contributed by atoms with Crippen LogP contribution in [0.5, 0.6) is 0 Å². The number of nitrogens with one attached hydrogen (secondary N) is 2. The Bertz CT molecular complexity index is 390. The summed E-state index contributed by atoms with van der Waals surface area (Å²) in [6.45, 7) is 3.43. The van der Waals surface area contributed by atoms with E-state index in [1.807, 2.05) is 0 Å². The molecule has 0 radical (unpaired) electrons. The first-order valence-corrected chi connectivity index (χ1v) is 5.54. The Kier molecular flexibility index (Phi) is 4.27. The van der Waals surface area contributed by atoms with Gasteiger partial charge in [-0.15, -0.1) is 10.2 Å². The fourth-order valence-corrected chi connectivity index (χ4v) is 1.54. The van der Waals surface area contributed by atoms with Crippen LogP contribution in [-0.4, -0.2) is 28.7 Å². The van der Waals surface area contributed by atoms with Gasteiger partial charge in [-0.2, -0.15) is 13.2 Å². The maximum Gasteiger partial charge on any atom is 0.445 e. The van der Waals surface area contributed by atoms with Crippen molar-refractivity contribution in [2.45, 2.75) is 26.1 Å². The second kappa shape index (κ2) is 5.30. The van der Waals surface area contributed by atoms with Crippen LogP contribution < -0.4 is 10.6 Å². The number of halogens is 3. The smallest absolute Gasteiger partial charge is 0.352 e. The lowest BCUT2D eigenvalue weighted by molar-refractivity contribution is -0.138. The summed E-state index contributed by atoms with van der Waals surface area (Å²) < 4.78 is 36.5. The second-order valence-electron chi connectivity index (χ2n) is 3.49. The van der Waals surface area contributed by atoms with Crippen LogP contribution in [-0.2, 0) is 11.0 Å². The maximum atomic E-state index is 12.2. The Morgan fingerprint density at radius 2 is 2.06 bits per heavy atom. The lowest BCUT2D eigenvalue weighted by Gasteiger charge is -2.07. The van der Waals surface area contributed by atoms with Crippen molar-refractivity contribution in [2.24, 2.45) is 0 Å². The van der Waals surface area contributed by atoms with Gasteiger partial charge in [0.1, 0.15) is 0 Å². The van der Waals surface area contributed by atoms with Crippen molar-refractivity contribution in [1.82, 2.24) is 15.5 Å². The predicted octanol–water partition coefficient (Wildman–Crippen LogP) is 1.49. The van der Waals surface area contributed by atoms with E-state index in [4.69, 9.17) is 0 Å².